The molecule has 0 spiro atoms. The van der Waals surface area contributed by atoms with Crippen molar-refractivity contribution in [1.29, 1.82) is 0 Å². The molecule has 1 unspecified atom stereocenters. The molecular weight excluding hydrogens is 301 g/mol. The molecule has 0 amide bonds. The van der Waals surface area contributed by atoms with E-state index in [0.29, 0.717) is 14.3 Å². The van der Waals surface area contributed by atoms with E-state index in [9.17, 15) is 5.11 Å². The second-order valence-corrected chi connectivity index (χ2v) is 8.81. The Balaban J connectivity index is 2.44. The number of benzene rings is 2. The Morgan fingerprint density at radius 2 is 1.70 bits per heavy atom. The van der Waals surface area contributed by atoms with E-state index in [0.717, 1.165) is 17.4 Å². The highest BCUT2D eigenvalue weighted by Crippen LogP contribution is 2.33. The minimum absolute atomic E-state index is 0.0571. The minimum Gasteiger partial charge on any atom is -0.507 e. The zero-order chi connectivity index (χ0) is 17.2. The lowest BCUT2D eigenvalue weighted by Crippen LogP contribution is -2.19. The molecule has 2 aromatic rings. The summed E-state index contributed by atoms with van der Waals surface area (Å²) in [5, 5.41) is 13.1. The van der Waals surface area contributed by atoms with Gasteiger partial charge < -0.3 is 10.0 Å². The highest BCUT2D eigenvalue weighted by atomic mass is 31.1. The maximum atomic E-state index is 10.8. The number of phenolic OH excluding ortho intramolecular Hbond substituents is 1. The number of aromatic hydroxyl groups is 1. The first kappa shape index (κ1) is 18.0. The van der Waals surface area contributed by atoms with E-state index in [1.807, 2.05) is 0 Å². The van der Waals surface area contributed by atoms with Crippen molar-refractivity contribution in [1.82, 2.24) is 4.90 Å². The van der Waals surface area contributed by atoms with Gasteiger partial charge in [0.2, 0.25) is 0 Å². The van der Waals surface area contributed by atoms with Gasteiger partial charge in [0.25, 0.3) is 0 Å². The van der Waals surface area contributed by atoms with Crippen LogP contribution in [-0.2, 0) is 12.0 Å². The van der Waals surface area contributed by atoms with Gasteiger partial charge in [-0.25, -0.2) is 0 Å². The Morgan fingerprint density at radius 3 is 2.30 bits per heavy atom. The molecule has 0 saturated heterocycles. The van der Waals surface area contributed by atoms with Gasteiger partial charge in [0.1, 0.15) is 5.75 Å². The fourth-order valence-corrected chi connectivity index (χ4v) is 4.06. The van der Waals surface area contributed by atoms with Gasteiger partial charge in [0.05, 0.1) is 0 Å². The van der Waals surface area contributed by atoms with E-state index in [1.54, 1.807) is 0 Å². The van der Waals surface area contributed by atoms with Gasteiger partial charge in [0, 0.05) is 17.4 Å². The van der Waals surface area contributed by atoms with Crippen LogP contribution in [0.4, 0.5) is 0 Å². The summed E-state index contributed by atoms with van der Waals surface area (Å²) < 4.78 is 0. The maximum Gasteiger partial charge on any atom is 0.127 e. The van der Waals surface area contributed by atoms with Crippen LogP contribution in [0.15, 0.2) is 36.4 Å². The molecule has 0 aliphatic carbocycles. The zero-order valence-corrected chi connectivity index (χ0v) is 16.1. The van der Waals surface area contributed by atoms with Crippen LogP contribution in [-0.4, -0.2) is 24.1 Å². The highest BCUT2D eigenvalue weighted by molar-refractivity contribution is 7.55. The third-order valence-corrected chi connectivity index (χ3v) is 5.24. The predicted octanol–water partition coefficient (Wildman–Crippen LogP) is 3.69. The summed E-state index contributed by atoms with van der Waals surface area (Å²) >= 11 is 0. The summed E-state index contributed by atoms with van der Waals surface area (Å²) in [5.74, 6) is 0.459. The summed E-state index contributed by atoms with van der Waals surface area (Å²) in [5.41, 5.74) is 3.51. The van der Waals surface area contributed by atoms with Gasteiger partial charge in [-0.1, -0.05) is 59.7 Å². The second kappa shape index (κ2) is 7.03. The summed E-state index contributed by atoms with van der Waals surface area (Å²) in [6.07, 6.45) is 0. The Labute approximate surface area is 142 Å². The van der Waals surface area contributed by atoms with Gasteiger partial charge >= 0.3 is 0 Å². The summed E-state index contributed by atoms with van der Waals surface area (Å²) in [4.78, 5) is 2.18. The molecule has 0 heterocycles. The lowest BCUT2D eigenvalue weighted by Gasteiger charge is -2.23. The molecular formula is C20H28NOP. The van der Waals surface area contributed by atoms with Crippen molar-refractivity contribution in [3.05, 3.63) is 53.1 Å². The quantitative estimate of drug-likeness (QED) is 0.865. The van der Waals surface area contributed by atoms with Crippen LogP contribution in [0.1, 0.15) is 37.5 Å². The van der Waals surface area contributed by atoms with E-state index in [1.165, 1.54) is 16.4 Å². The highest BCUT2D eigenvalue weighted by Gasteiger charge is 2.21. The second-order valence-electron chi connectivity index (χ2n) is 7.48. The van der Waals surface area contributed by atoms with Crippen LogP contribution >= 0.6 is 8.58 Å². The van der Waals surface area contributed by atoms with Crippen LogP contribution in [0.25, 0.3) is 0 Å². The van der Waals surface area contributed by atoms with Crippen LogP contribution in [0.3, 0.4) is 0 Å². The van der Waals surface area contributed by atoms with E-state index in [2.05, 4.69) is 83.1 Å². The molecule has 0 aliphatic heterocycles. The van der Waals surface area contributed by atoms with Gasteiger partial charge in [-0.15, -0.1) is 0 Å². The van der Waals surface area contributed by atoms with E-state index < -0.39 is 0 Å². The molecule has 0 aromatic heterocycles. The molecule has 23 heavy (non-hydrogen) atoms. The third kappa shape index (κ3) is 4.56. The molecule has 2 rings (SSSR count). The smallest absolute Gasteiger partial charge is 0.127 e. The number of aryl methyl sites for hydroxylation is 1. The van der Waals surface area contributed by atoms with Crippen molar-refractivity contribution < 1.29 is 5.11 Å². The molecule has 2 nitrogen and oxygen atoms in total. The Kier molecular flexibility index (Phi) is 5.49. The maximum absolute atomic E-state index is 10.8. The molecule has 124 valence electrons. The van der Waals surface area contributed by atoms with Gasteiger partial charge in [0.15, 0.2) is 0 Å². The number of hydrogen-bond acceptors (Lipinski definition) is 2. The number of nitrogens with zero attached hydrogens (tertiary/aromatic N) is 1. The first-order valence-electron chi connectivity index (χ1n) is 8.02. The standard InChI is InChI=1S/C20H28NOP/c1-14-11-16(20(2,3)4)19(22)18(12-14)23-17-10-8-7-9-15(17)13-21(5)6/h7-12,22-23H,13H2,1-6H3. The SMILES string of the molecule is Cc1cc(Pc2ccccc2CN(C)C)c(O)c(C(C)(C)C)c1. The average molecular weight is 329 g/mol. The van der Waals surface area contributed by atoms with E-state index in [4.69, 9.17) is 0 Å². The molecule has 1 N–H and O–H groups in total. The van der Waals surface area contributed by atoms with Gasteiger partial charge in [-0.3, -0.25) is 0 Å². The summed E-state index contributed by atoms with van der Waals surface area (Å²) in [6.45, 7) is 9.47. The Morgan fingerprint density at radius 1 is 1.04 bits per heavy atom. The fourth-order valence-electron chi connectivity index (χ4n) is 2.71. The molecule has 0 saturated carbocycles. The summed E-state index contributed by atoms with van der Waals surface area (Å²) in [6, 6.07) is 12.8. The van der Waals surface area contributed by atoms with Crippen LogP contribution < -0.4 is 10.6 Å². The van der Waals surface area contributed by atoms with E-state index in [-0.39, 0.29) is 5.41 Å². The van der Waals surface area contributed by atoms with Crippen LogP contribution in [0.5, 0.6) is 5.75 Å². The van der Waals surface area contributed by atoms with Gasteiger partial charge in [-0.05, 0) is 48.9 Å². The molecule has 0 radical (unpaired) electrons. The van der Waals surface area contributed by atoms with Crippen molar-refractivity contribution >= 4 is 19.2 Å². The molecule has 0 fully saturated rings. The fraction of sp³-hybridized carbons (Fsp3) is 0.400. The molecule has 0 bridgehead atoms. The Bertz CT molecular complexity index is 687. The number of phenols is 1. The molecule has 2 aromatic carbocycles. The molecule has 0 aliphatic rings. The van der Waals surface area contributed by atoms with Crippen molar-refractivity contribution in [2.45, 2.75) is 39.7 Å². The zero-order valence-electron chi connectivity index (χ0n) is 15.1. The predicted molar refractivity (Wildman–Crippen MR) is 103 cm³/mol. The van der Waals surface area contributed by atoms with Crippen molar-refractivity contribution in [2.75, 3.05) is 14.1 Å². The number of rotatable bonds is 4. The van der Waals surface area contributed by atoms with Gasteiger partial charge in [-0.2, -0.15) is 0 Å². The first-order valence-corrected chi connectivity index (χ1v) is 9.02. The van der Waals surface area contributed by atoms with Crippen molar-refractivity contribution in [2.24, 2.45) is 0 Å². The number of hydrogen-bond donors (Lipinski definition) is 1. The monoisotopic (exact) mass is 329 g/mol. The average Bonchev–Trinajstić information content (AvgIpc) is 2.42. The van der Waals surface area contributed by atoms with Crippen LogP contribution in [0, 0.1) is 6.92 Å². The third-order valence-electron chi connectivity index (χ3n) is 3.84. The summed E-state index contributed by atoms with van der Waals surface area (Å²) in [7, 11) is 4.64. The normalized spacial score (nSPS) is 12.5. The lowest BCUT2D eigenvalue weighted by molar-refractivity contribution is 0.403. The Hall–Kier alpha value is -1.37. The van der Waals surface area contributed by atoms with E-state index >= 15 is 0 Å². The lowest BCUT2D eigenvalue weighted by atomic mass is 9.85. The topological polar surface area (TPSA) is 23.5 Å². The van der Waals surface area contributed by atoms with Crippen LogP contribution in [0.2, 0.25) is 0 Å². The molecule has 3 heteroatoms. The minimum atomic E-state index is -0.0571. The molecule has 1 atom stereocenters. The van der Waals surface area contributed by atoms with Crippen molar-refractivity contribution in [3.63, 3.8) is 0 Å². The van der Waals surface area contributed by atoms with Crippen molar-refractivity contribution in [3.8, 4) is 5.75 Å². The first-order chi connectivity index (χ1) is 10.7. The largest absolute Gasteiger partial charge is 0.507 e.